The maximum Gasteiger partial charge on any atom is 0.166 e. The van der Waals surface area contributed by atoms with E-state index in [1.807, 2.05) is 0 Å². The molecule has 2 atom stereocenters. The summed E-state index contributed by atoms with van der Waals surface area (Å²) in [5.74, 6) is 0.785. The molecule has 0 amide bonds. The van der Waals surface area contributed by atoms with Crippen LogP contribution in [0.25, 0.3) is 0 Å². The lowest BCUT2D eigenvalue weighted by Crippen LogP contribution is -2.35. The minimum absolute atomic E-state index is 0.0202. The Bertz CT molecular complexity index is 179. The molecule has 0 aliphatic heterocycles. The first-order valence-corrected chi connectivity index (χ1v) is 4.68. The van der Waals surface area contributed by atoms with Crippen molar-refractivity contribution in [2.24, 2.45) is 11.8 Å². The zero-order valence-corrected chi connectivity index (χ0v) is 8.13. The van der Waals surface area contributed by atoms with Crippen molar-refractivity contribution in [3.8, 4) is 0 Å². The van der Waals surface area contributed by atoms with Gasteiger partial charge in [-0.3, -0.25) is 4.79 Å². The minimum Gasteiger partial charge on any atom is -0.383 e. The lowest BCUT2D eigenvalue weighted by molar-refractivity contribution is -0.138. The van der Waals surface area contributed by atoms with E-state index in [-0.39, 0.29) is 11.7 Å². The molecule has 1 aliphatic rings. The summed E-state index contributed by atoms with van der Waals surface area (Å²) in [6, 6.07) is 0. The molecule has 0 saturated heterocycles. The Morgan fingerprint density at radius 1 is 1.42 bits per heavy atom. The van der Waals surface area contributed by atoms with Gasteiger partial charge >= 0.3 is 0 Å². The van der Waals surface area contributed by atoms with Crippen LogP contribution < -0.4 is 0 Å². The number of Topliss-reactive ketones (excluding diaryl/α,β-unsaturated/α-hetero) is 1. The number of carbonyl (C=O) groups excluding carboxylic acids is 1. The summed E-state index contributed by atoms with van der Waals surface area (Å²) in [5.41, 5.74) is -1.13. The maximum absolute atomic E-state index is 11.6. The molecule has 1 N–H and O–H groups in total. The molecule has 2 nitrogen and oxygen atoms in total. The van der Waals surface area contributed by atoms with E-state index in [1.165, 1.54) is 0 Å². The lowest BCUT2D eigenvalue weighted by atomic mass is 9.90. The quantitative estimate of drug-likeness (QED) is 0.685. The average molecular weight is 170 g/mol. The minimum atomic E-state index is -1.13. The molecule has 0 aromatic carbocycles. The fourth-order valence-corrected chi connectivity index (χ4v) is 1.94. The van der Waals surface area contributed by atoms with Gasteiger partial charge < -0.3 is 5.11 Å². The second kappa shape index (κ2) is 3.17. The van der Waals surface area contributed by atoms with Crippen molar-refractivity contribution in [2.75, 3.05) is 0 Å². The zero-order valence-electron chi connectivity index (χ0n) is 8.13. The molecule has 0 spiro atoms. The van der Waals surface area contributed by atoms with Crippen molar-refractivity contribution >= 4 is 5.78 Å². The predicted octanol–water partition coefficient (Wildman–Crippen LogP) is 1.76. The van der Waals surface area contributed by atoms with Crippen molar-refractivity contribution in [3.05, 3.63) is 0 Å². The summed E-state index contributed by atoms with van der Waals surface area (Å²) in [4.78, 5) is 11.6. The van der Waals surface area contributed by atoms with Crippen LogP contribution >= 0.6 is 0 Å². The van der Waals surface area contributed by atoms with Crippen LogP contribution in [0.15, 0.2) is 0 Å². The summed E-state index contributed by atoms with van der Waals surface area (Å²) < 4.78 is 0. The second-order valence-corrected chi connectivity index (χ2v) is 4.54. The van der Waals surface area contributed by atoms with Crippen LogP contribution in [0.2, 0.25) is 0 Å². The number of hydrogen-bond donors (Lipinski definition) is 1. The van der Waals surface area contributed by atoms with Crippen LogP contribution in [-0.2, 0) is 4.79 Å². The summed E-state index contributed by atoms with van der Waals surface area (Å²) in [5, 5.41) is 9.48. The third-order valence-electron chi connectivity index (χ3n) is 2.67. The molecule has 0 radical (unpaired) electrons. The Balaban J connectivity index is 2.55. The molecular weight excluding hydrogens is 152 g/mol. The number of rotatable bonds is 2. The van der Waals surface area contributed by atoms with E-state index in [1.54, 1.807) is 13.8 Å². The maximum atomic E-state index is 11.6. The summed E-state index contributed by atoms with van der Waals surface area (Å²) in [7, 11) is 0. The molecule has 1 aliphatic carbocycles. The van der Waals surface area contributed by atoms with Crippen LogP contribution in [0.5, 0.6) is 0 Å². The summed E-state index contributed by atoms with van der Waals surface area (Å²) >= 11 is 0. The van der Waals surface area contributed by atoms with Gasteiger partial charge in [-0.1, -0.05) is 6.92 Å². The van der Waals surface area contributed by atoms with Gasteiger partial charge in [-0.25, -0.2) is 0 Å². The fraction of sp³-hybridized carbons (Fsp3) is 0.900. The van der Waals surface area contributed by atoms with Crippen LogP contribution in [-0.4, -0.2) is 16.5 Å². The monoisotopic (exact) mass is 170 g/mol. The van der Waals surface area contributed by atoms with E-state index in [9.17, 15) is 9.90 Å². The van der Waals surface area contributed by atoms with E-state index in [0.717, 1.165) is 19.3 Å². The number of aliphatic hydroxyl groups is 1. The molecule has 0 aromatic rings. The molecule has 2 heteroatoms. The molecule has 1 rings (SSSR count). The van der Waals surface area contributed by atoms with Gasteiger partial charge in [0.05, 0.1) is 0 Å². The first-order valence-electron chi connectivity index (χ1n) is 4.68. The van der Waals surface area contributed by atoms with Gasteiger partial charge in [-0.05, 0) is 39.0 Å². The first kappa shape index (κ1) is 9.72. The van der Waals surface area contributed by atoms with Crippen molar-refractivity contribution in [1.29, 1.82) is 0 Å². The first-order chi connectivity index (χ1) is 5.41. The van der Waals surface area contributed by atoms with Crippen molar-refractivity contribution in [1.82, 2.24) is 0 Å². The van der Waals surface area contributed by atoms with E-state index < -0.39 is 5.60 Å². The Hall–Kier alpha value is -0.370. The normalized spacial score (nSPS) is 30.7. The van der Waals surface area contributed by atoms with Gasteiger partial charge in [-0.2, -0.15) is 0 Å². The SMILES string of the molecule is CC1CCC(C(=O)C(C)(C)O)C1. The largest absolute Gasteiger partial charge is 0.383 e. The van der Waals surface area contributed by atoms with Crippen LogP contribution in [0, 0.1) is 11.8 Å². The molecule has 2 unspecified atom stereocenters. The summed E-state index contributed by atoms with van der Waals surface area (Å²) in [6.45, 7) is 5.33. The highest BCUT2D eigenvalue weighted by molar-refractivity contribution is 5.88. The Morgan fingerprint density at radius 3 is 2.33 bits per heavy atom. The molecule has 70 valence electrons. The smallest absolute Gasteiger partial charge is 0.166 e. The molecule has 12 heavy (non-hydrogen) atoms. The highest BCUT2D eigenvalue weighted by Gasteiger charge is 2.35. The molecule has 0 heterocycles. The van der Waals surface area contributed by atoms with Crippen LogP contribution in [0.4, 0.5) is 0 Å². The highest BCUT2D eigenvalue weighted by atomic mass is 16.3. The van der Waals surface area contributed by atoms with Crippen molar-refractivity contribution in [2.45, 2.75) is 45.6 Å². The van der Waals surface area contributed by atoms with E-state index in [2.05, 4.69) is 6.92 Å². The zero-order chi connectivity index (χ0) is 9.35. The van der Waals surface area contributed by atoms with Gasteiger partial charge in [-0.15, -0.1) is 0 Å². The fourth-order valence-electron chi connectivity index (χ4n) is 1.94. The van der Waals surface area contributed by atoms with Gasteiger partial charge in [0.25, 0.3) is 0 Å². The predicted molar refractivity (Wildman–Crippen MR) is 47.8 cm³/mol. The Morgan fingerprint density at radius 2 is 2.00 bits per heavy atom. The van der Waals surface area contributed by atoms with E-state index in [0.29, 0.717) is 5.92 Å². The van der Waals surface area contributed by atoms with Crippen molar-refractivity contribution in [3.63, 3.8) is 0 Å². The van der Waals surface area contributed by atoms with Crippen LogP contribution in [0.1, 0.15) is 40.0 Å². The average Bonchev–Trinajstić information content (AvgIpc) is 2.32. The highest BCUT2D eigenvalue weighted by Crippen LogP contribution is 2.33. The number of hydrogen-bond acceptors (Lipinski definition) is 2. The molecule has 1 saturated carbocycles. The third kappa shape index (κ3) is 2.07. The van der Waals surface area contributed by atoms with Gasteiger partial charge in [0.15, 0.2) is 5.78 Å². The lowest BCUT2D eigenvalue weighted by Gasteiger charge is -2.19. The van der Waals surface area contributed by atoms with Crippen LogP contribution in [0.3, 0.4) is 0 Å². The summed E-state index contributed by atoms with van der Waals surface area (Å²) in [6.07, 6.45) is 3.05. The molecular formula is C10H18O2. The number of carbonyl (C=O) groups is 1. The Labute approximate surface area is 74.0 Å². The molecule has 0 aromatic heterocycles. The van der Waals surface area contributed by atoms with E-state index >= 15 is 0 Å². The van der Waals surface area contributed by atoms with E-state index in [4.69, 9.17) is 0 Å². The van der Waals surface area contributed by atoms with Gasteiger partial charge in [0.1, 0.15) is 5.60 Å². The Kier molecular flexibility index (Phi) is 2.57. The van der Waals surface area contributed by atoms with Gasteiger partial charge in [0.2, 0.25) is 0 Å². The second-order valence-electron chi connectivity index (χ2n) is 4.54. The molecule has 1 fully saturated rings. The standard InChI is InChI=1S/C10H18O2/c1-7-4-5-8(6-7)9(11)10(2,3)12/h7-8,12H,4-6H2,1-3H3. The topological polar surface area (TPSA) is 37.3 Å². The van der Waals surface area contributed by atoms with Gasteiger partial charge in [0, 0.05) is 5.92 Å². The van der Waals surface area contributed by atoms with Crippen molar-refractivity contribution < 1.29 is 9.90 Å². The third-order valence-corrected chi connectivity index (χ3v) is 2.67. The number of ketones is 1. The molecule has 0 bridgehead atoms.